The second kappa shape index (κ2) is 3.89. The SMILES string of the molecule is CC(=O)CCN1CC(C)(C)C2CCCC21. The lowest BCUT2D eigenvalue weighted by molar-refractivity contribution is -0.117. The molecular formula is C13H23NO. The van der Waals surface area contributed by atoms with Crippen LogP contribution in [0.1, 0.15) is 46.5 Å². The molecule has 2 atom stereocenters. The summed E-state index contributed by atoms with van der Waals surface area (Å²) in [5, 5.41) is 0. The largest absolute Gasteiger partial charge is 0.300 e. The van der Waals surface area contributed by atoms with E-state index in [0.29, 0.717) is 11.2 Å². The quantitative estimate of drug-likeness (QED) is 0.711. The van der Waals surface area contributed by atoms with Gasteiger partial charge in [0.25, 0.3) is 0 Å². The van der Waals surface area contributed by atoms with Gasteiger partial charge in [-0.25, -0.2) is 0 Å². The lowest BCUT2D eigenvalue weighted by Gasteiger charge is -2.24. The molecule has 1 aliphatic carbocycles. The lowest BCUT2D eigenvalue weighted by atomic mass is 9.80. The molecule has 2 unspecified atom stereocenters. The van der Waals surface area contributed by atoms with Crippen LogP contribution in [-0.2, 0) is 4.79 Å². The first-order chi connectivity index (χ1) is 7.00. The average Bonchev–Trinajstić information content (AvgIpc) is 2.66. The summed E-state index contributed by atoms with van der Waals surface area (Å²) in [6.45, 7) is 8.66. The molecule has 2 fully saturated rings. The Labute approximate surface area is 93.0 Å². The van der Waals surface area contributed by atoms with Gasteiger partial charge in [0.15, 0.2) is 0 Å². The van der Waals surface area contributed by atoms with E-state index < -0.39 is 0 Å². The third-order valence-corrected chi connectivity index (χ3v) is 4.31. The van der Waals surface area contributed by atoms with Gasteiger partial charge in [0, 0.05) is 25.6 Å². The number of ketones is 1. The van der Waals surface area contributed by atoms with Gasteiger partial charge in [0.1, 0.15) is 5.78 Å². The summed E-state index contributed by atoms with van der Waals surface area (Å²) in [4.78, 5) is 13.6. The molecule has 2 heteroatoms. The minimum atomic E-state index is 0.328. The number of Topliss-reactive ketones (excluding diaryl/α,β-unsaturated/α-hetero) is 1. The molecule has 1 aliphatic heterocycles. The molecule has 1 saturated carbocycles. The summed E-state index contributed by atoms with van der Waals surface area (Å²) in [6, 6.07) is 0.777. The molecule has 0 radical (unpaired) electrons. The standard InChI is InChI=1S/C13H23NO/c1-10(15)7-8-14-9-13(2,3)11-5-4-6-12(11)14/h11-12H,4-9H2,1-3H3. The van der Waals surface area contributed by atoms with Crippen LogP contribution in [-0.4, -0.2) is 29.8 Å². The molecule has 2 rings (SSSR count). The van der Waals surface area contributed by atoms with Crippen LogP contribution in [0.25, 0.3) is 0 Å². The summed E-state index contributed by atoms with van der Waals surface area (Å²) in [5.74, 6) is 1.21. The van der Waals surface area contributed by atoms with Crippen LogP contribution in [0, 0.1) is 11.3 Å². The Hall–Kier alpha value is -0.370. The number of hydrogen-bond donors (Lipinski definition) is 0. The van der Waals surface area contributed by atoms with Crippen molar-refractivity contribution in [2.24, 2.45) is 11.3 Å². The molecule has 0 aromatic heterocycles. The van der Waals surface area contributed by atoms with E-state index in [9.17, 15) is 4.79 Å². The topological polar surface area (TPSA) is 20.3 Å². The van der Waals surface area contributed by atoms with E-state index in [1.807, 2.05) is 0 Å². The van der Waals surface area contributed by atoms with Crippen molar-refractivity contribution in [2.75, 3.05) is 13.1 Å². The first-order valence-electron chi connectivity index (χ1n) is 6.24. The molecule has 1 heterocycles. The molecule has 2 aliphatic rings. The van der Waals surface area contributed by atoms with E-state index in [2.05, 4.69) is 18.7 Å². The van der Waals surface area contributed by atoms with Crippen LogP contribution in [0.15, 0.2) is 0 Å². The molecule has 0 aromatic carbocycles. The summed E-state index contributed by atoms with van der Waals surface area (Å²) >= 11 is 0. The average molecular weight is 209 g/mol. The second-order valence-electron chi connectivity index (χ2n) is 6.02. The molecule has 2 nitrogen and oxygen atoms in total. The highest BCUT2D eigenvalue weighted by Gasteiger charge is 2.48. The summed E-state index contributed by atoms with van der Waals surface area (Å²) in [5.41, 5.74) is 0.470. The predicted octanol–water partition coefficient (Wildman–Crippen LogP) is 2.48. The van der Waals surface area contributed by atoms with Gasteiger partial charge >= 0.3 is 0 Å². The molecule has 86 valence electrons. The number of carbonyl (C=O) groups is 1. The monoisotopic (exact) mass is 209 g/mol. The number of hydrogen-bond acceptors (Lipinski definition) is 2. The zero-order valence-electron chi connectivity index (χ0n) is 10.3. The zero-order valence-corrected chi connectivity index (χ0v) is 10.3. The smallest absolute Gasteiger partial charge is 0.131 e. The van der Waals surface area contributed by atoms with Crippen LogP contribution < -0.4 is 0 Å². The second-order valence-corrected chi connectivity index (χ2v) is 6.02. The normalized spacial score (nSPS) is 34.3. The lowest BCUT2D eigenvalue weighted by Crippen LogP contribution is -2.31. The maximum absolute atomic E-state index is 11.0. The van der Waals surface area contributed by atoms with Crippen LogP contribution in [0.5, 0.6) is 0 Å². The molecule has 1 saturated heterocycles. The summed E-state index contributed by atoms with van der Waals surface area (Å²) in [7, 11) is 0. The highest BCUT2D eigenvalue weighted by molar-refractivity contribution is 5.75. The number of fused-ring (bicyclic) bond motifs is 1. The Morgan fingerprint density at radius 3 is 2.80 bits per heavy atom. The predicted molar refractivity (Wildman–Crippen MR) is 61.8 cm³/mol. The van der Waals surface area contributed by atoms with E-state index in [1.54, 1.807) is 6.92 Å². The van der Waals surface area contributed by atoms with E-state index >= 15 is 0 Å². The number of nitrogens with zero attached hydrogens (tertiary/aromatic N) is 1. The van der Waals surface area contributed by atoms with Crippen molar-refractivity contribution >= 4 is 5.78 Å². The molecule has 0 N–H and O–H groups in total. The number of rotatable bonds is 3. The van der Waals surface area contributed by atoms with Gasteiger partial charge in [-0.05, 0) is 31.1 Å². The third kappa shape index (κ3) is 2.10. The van der Waals surface area contributed by atoms with E-state index in [4.69, 9.17) is 0 Å². The van der Waals surface area contributed by atoms with Gasteiger partial charge < -0.3 is 0 Å². The van der Waals surface area contributed by atoms with Gasteiger partial charge in [0.2, 0.25) is 0 Å². The fraction of sp³-hybridized carbons (Fsp3) is 0.923. The molecule has 0 bridgehead atoms. The number of carbonyl (C=O) groups excluding carboxylic acids is 1. The van der Waals surface area contributed by atoms with Crippen molar-refractivity contribution in [1.82, 2.24) is 4.90 Å². The van der Waals surface area contributed by atoms with Gasteiger partial charge in [0.05, 0.1) is 0 Å². The highest BCUT2D eigenvalue weighted by Crippen LogP contribution is 2.48. The van der Waals surface area contributed by atoms with Crippen molar-refractivity contribution in [3.63, 3.8) is 0 Å². The van der Waals surface area contributed by atoms with E-state index in [0.717, 1.165) is 24.9 Å². The van der Waals surface area contributed by atoms with Gasteiger partial charge in [-0.1, -0.05) is 20.3 Å². The Bertz CT molecular complexity index is 259. The third-order valence-electron chi connectivity index (χ3n) is 4.31. The van der Waals surface area contributed by atoms with Crippen molar-refractivity contribution in [3.05, 3.63) is 0 Å². The fourth-order valence-electron chi connectivity index (χ4n) is 3.59. The Morgan fingerprint density at radius 2 is 2.13 bits per heavy atom. The fourth-order valence-corrected chi connectivity index (χ4v) is 3.59. The highest BCUT2D eigenvalue weighted by atomic mass is 16.1. The van der Waals surface area contributed by atoms with E-state index in [-0.39, 0.29) is 0 Å². The Kier molecular flexibility index (Phi) is 2.89. The molecule has 0 aromatic rings. The van der Waals surface area contributed by atoms with Crippen molar-refractivity contribution in [3.8, 4) is 0 Å². The zero-order chi connectivity index (χ0) is 11.1. The molecule has 0 amide bonds. The minimum Gasteiger partial charge on any atom is -0.300 e. The Morgan fingerprint density at radius 1 is 1.40 bits per heavy atom. The maximum atomic E-state index is 11.0. The van der Waals surface area contributed by atoms with E-state index in [1.165, 1.54) is 25.8 Å². The van der Waals surface area contributed by atoms with Crippen LogP contribution in [0.4, 0.5) is 0 Å². The molecular weight excluding hydrogens is 186 g/mol. The van der Waals surface area contributed by atoms with Gasteiger partial charge in [-0.2, -0.15) is 0 Å². The van der Waals surface area contributed by atoms with Crippen LogP contribution >= 0.6 is 0 Å². The molecule has 15 heavy (non-hydrogen) atoms. The van der Waals surface area contributed by atoms with Gasteiger partial charge in [-0.15, -0.1) is 0 Å². The maximum Gasteiger partial charge on any atom is 0.131 e. The number of likely N-dealkylation sites (tertiary alicyclic amines) is 1. The van der Waals surface area contributed by atoms with Gasteiger partial charge in [-0.3, -0.25) is 9.69 Å². The summed E-state index contributed by atoms with van der Waals surface area (Å²) < 4.78 is 0. The van der Waals surface area contributed by atoms with Crippen LogP contribution in [0.3, 0.4) is 0 Å². The molecule has 0 spiro atoms. The first kappa shape index (κ1) is 11.1. The van der Waals surface area contributed by atoms with Crippen molar-refractivity contribution < 1.29 is 4.79 Å². The van der Waals surface area contributed by atoms with Crippen molar-refractivity contribution in [2.45, 2.75) is 52.5 Å². The van der Waals surface area contributed by atoms with Crippen LogP contribution in [0.2, 0.25) is 0 Å². The first-order valence-corrected chi connectivity index (χ1v) is 6.24. The van der Waals surface area contributed by atoms with Crippen molar-refractivity contribution in [1.29, 1.82) is 0 Å². The summed E-state index contributed by atoms with van der Waals surface area (Å²) in [6.07, 6.45) is 4.87. The Balaban J connectivity index is 1.99. The minimum absolute atomic E-state index is 0.328.